The second-order valence-electron chi connectivity index (χ2n) is 14.2. The number of likely N-dealkylation sites (N-methyl/N-ethyl adjacent to an activating group) is 2. The molecule has 1 heterocycles. The highest BCUT2D eigenvalue weighted by Crippen LogP contribution is 2.15. The van der Waals surface area contributed by atoms with E-state index in [1.165, 1.54) is 23.4 Å². The van der Waals surface area contributed by atoms with Gasteiger partial charge in [0.15, 0.2) is 5.96 Å². The number of hydrogen-bond acceptors (Lipinski definition) is 10. The summed E-state index contributed by atoms with van der Waals surface area (Å²) >= 11 is 0. The zero-order valence-electron chi connectivity index (χ0n) is 33.3. The molecule has 1 aromatic carbocycles. The van der Waals surface area contributed by atoms with Crippen LogP contribution in [0.15, 0.2) is 41.8 Å². The molecule has 2 rings (SSSR count). The number of carbonyl (C=O) groups is 6. The van der Waals surface area contributed by atoms with Crippen LogP contribution in [0.1, 0.15) is 58.2 Å². The molecule has 0 unspecified atom stereocenters. The number of H-pyrrole nitrogens is 1. The number of nitrogens with two attached hydrogens (primary N) is 2. The predicted molar refractivity (Wildman–Crippen MR) is 211 cm³/mol. The Balaban J connectivity index is 2.38. The van der Waals surface area contributed by atoms with E-state index >= 15 is 0 Å². The largest absolute Gasteiger partial charge is 0.508 e. The van der Waals surface area contributed by atoms with Gasteiger partial charge in [0.2, 0.25) is 35.4 Å². The van der Waals surface area contributed by atoms with Crippen molar-refractivity contribution in [1.29, 1.82) is 0 Å². The molecule has 0 aliphatic carbocycles. The topological polar surface area (TPSA) is 291 Å². The van der Waals surface area contributed by atoms with Crippen LogP contribution in [0.25, 0.3) is 0 Å². The smallest absolute Gasteiger partial charge is 0.245 e. The third kappa shape index (κ3) is 15.6. The molecule has 2 aromatic rings. The van der Waals surface area contributed by atoms with E-state index in [1.807, 2.05) is 6.92 Å². The van der Waals surface area contributed by atoms with Gasteiger partial charge in [0, 0.05) is 45.4 Å². The third-order valence-electron chi connectivity index (χ3n) is 9.02. The maximum Gasteiger partial charge on any atom is 0.245 e. The standard InChI is InChI=1S/C37H60N12O7/c1-8-22(4)31(35(55)46-28(36(56)49(6)7)17-24-18-41-20-43-24)48-33(53)27(16-23-11-13-25(50)14-12-23)45-34(54)30(21(2)3)47-32(52)26(44-29(51)19-40-5)10-9-15-42-37(38)39/h11-14,18,20-22,26-28,30-31,40,50H,8-10,15-17,19H2,1-7H3,(H,41,43)(H,44,51)(H,45,54)(H,46,55)(H,47,52)(H,48,53)(H4,38,39,42)/t22-,26-,27-,28-,30-,31-/m0/s1. The van der Waals surface area contributed by atoms with Crippen LogP contribution in [0.4, 0.5) is 0 Å². The molecule has 0 saturated heterocycles. The van der Waals surface area contributed by atoms with Gasteiger partial charge in [-0.3, -0.25) is 33.8 Å². The summed E-state index contributed by atoms with van der Waals surface area (Å²) in [5.41, 5.74) is 12.0. The zero-order valence-corrected chi connectivity index (χ0v) is 33.3. The Hall–Kier alpha value is -5.72. The molecule has 0 radical (unpaired) electrons. The molecule has 12 N–H and O–H groups in total. The number of imidazole rings is 1. The SMILES string of the molecule is CC[C@H](C)[C@H](NC(=O)[C@H](Cc1ccc(O)cc1)NC(=O)[C@@H](NC(=O)[C@H](CCCN=C(N)N)NC(=O)CNC)C(C)C)C(=O)N[C@@H](Cc1cnc[nH]1)C(=O)N(C)C. The maximum atomic E-state index is 14.2. The number of rotatable bonds is 23. The Morgan fingerprint density at radius 3 is 2.00 bits per heavy atom. The van der Waals surface area contributed by atoms with E-state index in [2.05, 4.69) is 46.9 Å². The van der Waals surface area contributed by atoms with Gasteiger partial charge in [0.25, 0.3) is 0 Å². The number of phenolic OH excluding ortho intramolecular Hbond substituents is 1. The summed E-state index contributed by atoms with van der Waals surface area (Å²) in [4.78, 5) is 93.4. The van der Waals surface area contributed by atoms with E-state index in [9.17, 15) is 33.9 Å². The van der Waals surface area contributed by atoms with Gasteiger partial charge in [-0.2, -0.15) is 0 Å². The van der Waals surface area contributed by atoms with Gasteiger partial charge < -0.3 is 58.4 Å². The fourth-order valence-corrected chi connectivity index (χ4v) is 5.65. The first-order valence-corrected chi connectivity index (χ1v) is 18.6. The average molecular weight is 785 g/mol. The van der Waals surface area contributed by atoms with Crippen molar-refractivity contribution in [2.45, 2.75) is 90.0 Å². The number of aliphatic imine (C=N–C) groups is 1. The van der Waals surface area contributed by atoms with Crippen molar-refractivity contribution in [2.24, 2.45) is 28.3 Å². The number of nitrogens with one attached hydrogen (secondary N) is 7. The molecule has 6 amide bonds. The van der Waals surface area contributed by atoms with Crippen LogP contribution in [-0.4, -0.2) is 126 Å². The summed E-state index contributed by atoms with van der Waals surface area (Å²) < 4.78 is 0. The molecule has 19 heteroatoms. The number of benzene rings is 1. The number of hydrogen-bond donors (Lipinski definition) is 10. The molecule has 0 spiro atoms. The first kappa shape index (κ1) is 46.4. The summed E-state index contributed by atoms with van der Waals surface area (Å²) in [5.74, 6) is -4.38. The number of guanidine groups is 1. The van der Waals surface area contributed by atoms with Crippen LogP contribution in [0, 0.1) is 11.8 Å². The average Bonchev–Trinajstić information content (AvgIpc) is 3.66. The Morgan fingerprint density at radius 2 is 1.45 bits per heavy atom. The van der Waals surface area contributed by atoms with Crippen LogP contribution < -0.4 is 43.4 Å². The molecule has 0 saturated carbocycles. The Bertz CT molecular complexity index is 1610. The minimum Gasteiger partial charge on any atom is -0.508 e. The van der Waals surface area contributed by atoms with Crippen LogP contribution in [-0.2, 0) is 41.6 Å². The van der Waals surface area contributed by atoms with E-state index in [0.29, 0.717) is 24.1 Å². The summed E-state index contributed by atoms with van der Waals surface area (Å²) in [6.45, 7) is 7.22. The van der Waals surface area contributed by atoms with Gasteiger partial charge in [0.05, 0.1) is 12.9 Å². The van der Waals surface area contributed by atoms with E-state index in [1.54, 1.807) is 60.2 Å². The van der Waals surface area contributed by atoms with Gasteiger partial charge in [-0.05, 0) is 49.4 Å². The van der Waals surface area contributed by atoms with Crippen LogP contribution >= 0.6 is 0 Å². The first-order chi connectivity index (χ1) is 26.5. The van der Waals surface area contributed by atoms with Gasteiger partial charge in [-0.1, -0.05) is 46.2 Å². The van der Waals surface area contributed by atoms with E-state index in [-0.39, 0.29) is 50.0 Å². The van der Waals surface area contributed by atoms with Crippen molar-refractivity contribution in [1.82, 2.24) is 46.8 Å². The Morgan fingerprint density at radius 1 is 0.839 bits per heavy atom. The highest BCUT2D eigenvalue weighted by atomic mass is 16.3. The second-order valence-corrected chi connectivity index (χ2v) is 14.2. The normalized spacial score (nSPS) is 14.2. The van der Waals surface area contributed by atoms with Crippen molar-refractivity contribution in [3.63, 3.8) is 0 Å². The molecule has 0 aliphatic heterocycles. The monoisotopic (exact) mass is 784 g/mol. The fourth-order valence-electron chi connectivity index (χ4n) is 5.65. The molecular weight excluding hydrogens is 724 g/mol. The molecule has 6 atom stereocenters. The van der Waals surface area contributed by atoms with Crippen molar-refractivity contribution in [3.05, 3.63) is 48.0 Å². The van der Waals surface area contributed by atoms with E-state index in [4.69, 9.17) is 11.5 Å². The quantitative estimate of drug-likeness (QED) is 0.0347. The number of amides is 6. The van der Waals surface area contributed by atoms with Crippen LogP contribution in [0.2, 0.25) is 0 Å². The fraction of sp³-hybridized carbons (Fsp3) is 0.568. The number of phenols is 1. The minimum absolute atomic E-state index is 0.00138. The summed E-state index contributed by atoms with van der Waals surface area (Å²) in [5, 5.41) is 26.3. The highest BCUT2D eigenvalue weighted by Gasteiger charge is 2.35. The summed E-state index contributed by atoms with van der Waals surface area (Å²) in [7, 11) is 4.72. The first-order valence-electron chi connectivity index (χ1n) is 18.6. The Labute approximate surface area is 328 Å². The van der Waals surface area contributed by atoms with Crippen molar-refractivity contribution in [2.75, 3.05) is 34.2 Å². The van der Waals surface area contributed by atoms with E-state index in [0.717, 1.165) is 0 Å². The van der Waals surface area contributed by atoms with Crippen molar-refractivity contribution < 1.29 is 33.9 Å². The number of aromatic nitrogens is 2. The molecule has 0 fully saturated rings. The summed E-state index contributed by atoms with van der Waals surface area (Å²) in [6.07, 6.45) is 4.10. The second kappa shape index (κ2) is 23.3. The molecule has 310 valence electrons. The predicted octanol–water partition coefficient (Wildman–Crippen LogP) is -1.61. The number of aromatic hydroxyl groups is 1. The van der Waals surface area contributed by atoms with Gasteiger partial charge in [-0.15, -0.1) is 0 Å². The lowest BCUT2D eigenvalue weighted by Crippen LogP contribution is -2.61. The number of carbonyl (C=O) groups excluding carboxylic acids is 6. The highest BCUT2D eigenvalue weighted by molar-refractivity contribution is 5.96. The van der Waals surface area contributed by atoms with Crippen LogP contribution in [0.5, 0.6) is 5.75 Å². The lowest BCUT2D eigenvalue weighted by atomic mass is 9.96. The lowest BCUT2D eigenvalue weighted by Gasteiger charge is -2.30. The van der Waals surface area contributed by atoms with Crippen molar-refractivity contribution >= 4 is 41.4 Å². The molecule has 56 heavy (non-hydrogen) atoms. The molecule has 0 aliphatic rings. The molecule has 1 aromatic heterocycles. The summed E-state index contributed by atoms with van der Waals surface area (Å²) in [6, 6.07) is 0.571. The Kier molecular flexibility index (Phi) is 19.3. The molecular formula is C37H60N12O7. The third-order valence-corrected chi connectivity index (χ3v) is 9.02. The van der Waals surface area contributed by atoms with E-state index < -0.39 is 71.6 Å². The number of aromatic amines is 1. The maximum absolute atomic E-state index is 14.2. The van der Waals surface area contributed by atoms with Gasteiger partial charge >= 0.3 is 0 Å². The van der Waals surface area contributed by atoms with Crippen LogP contribution in [0.3, 0.4) is 0 Å². The van der Waals surface area contributed by atoms with Gasteiger partial charge in [0.1, 0.15) is 36.0 Å². The van der Waals surface area contributed by atoms with Gasteiger partial charge in [-0.25, -0.2) is 4.98 Å². The minimum atomic E-state index is -1.25. The van der Waals surface area contributed by atoms with Crippen molar-refractivity contribution in [3.8, 4) is 5.75 Å². The molecule has 19 nitrogen and oxygen atoms in total. The lowest BCUT2D eigenvalue weighted by molar-refractivity contribution is -0.137. The number of nitrogens with zero attached hydrogens (tertiary/aromatic N) is 3. The zero-order chi connectivity index (χ0) is 41.9. The molecule has 0 bridgehead atoms.